The van der Waals surface area contributed by atoms with Crippen LogP contribution in [0.15, 0.2) is 53.1 Å². The lowest BCUT2D eigenvalue weighted by atomic mass is 10.1. The van der Waals surface area contributed by atoms with E-state index in [4.69, 9.17) is 20.9 Å². The lowest BCUT2D eigenvalue weighted by Gasteiger charge is -2.09. The normalized spacial score (nSPS) is 10.5. The van der Waals surface area contributed by atoms with Crippen molar-refractivity contribution >= 4 is 23.4 Å². The second-order valence-electron chi connectivity index (χ2n) is 7.02. The highest BCUT2D eigenvalue weighted by Crippen LogP contribution is 2.18. The molecular weight excluding hydrogens is 418 g/mol. The van der Waals surface area contributed by atoms with Gasteiger partial charge < -0.3 is 19.9 Å². The Morgan fingerprint density at radius 3 is 2.32 bits per heavy atom. The van der Waals surface area contributed by atoms with Gasteiger partial charge in [0.25, 0.3) is 5.91 Å². The van der Waals surface area contributed by atoms with E-state index in [-0.39, 0.29) is 18.2 Å². The molecule has 0 radical (unpaired) electrons. The van der Waals surface area contributed by atoms with Gasteiger partial charge >= 0.3 is 0 Å². The summed E-state index contributed by atoms with van der Waals surface area (Å²) in [6.07, 6.45) is 0.245. The summed E-state index contributed by atoms with van der Waals surface area (Å²) in [5.74, 6) is 1.12. The van der Waals surface area contributed by atoms with Crippen LogP contribution in [-0.2, 0) is 17.8 Å². The van der Waals surface area contributed by atoms with Gasteiger partial charge in [-0.2, -0.15) is 0 Å². The number of carbonyl (C=O) groups excluding carboxylic acids is 2. The molecule has 2 aromatic carbocycles. The van der Waals surface area contributed by atoms with E-state index in [9.17, 15) is 9.59 Å². The maximum absolute atomic E-state index is 12.1. The Labute approximate surface area is 185 Å². The second kappa shape index (κ2) is 10.6. The van der Waals surface area contributed by atoms with Crippen molar-refractivity contribution in [3.05, 3.63) is 81.7 Å². The molecule has 0 saturated heterocycles. The van der Waals surface area contributed by atoms with E-state index < -0.39 is 0 Å². The van der Waals surface area contributed by atoms with Gasteiger partial charge in [-0.1, -0.05) is 28.9 Å². The fourth-order valence-electron chi connectivity index (χ4n) is 2.90. The van der Waals surface area contributed by atoms with Gasteiger partial charge in [-0.05, 0) is 55.8 Å². The molecule has 0 aliphatic carbocycles. The molecule has 2 N–H and O–H groups in total. The summed E-state index contributed by atoms with van der Waals surface area (Å²) in [5, 5.41) is 10.0. The summed E-state index contributed by atoms with van der Waals surface area (Å²) < 4.78 is 10.9. The molecule has 3 rings (SSSR count). The largest absolute Gasteiger partial charge is 0.489 e. The third-order valence-corrected chi connectivity index (χ3v) is 4.94. The van der Waals surface area contributed by atoms with Crippen LogP contribution in [0.2, 0.25) is 5.02 Å². The van der Waals surface area contributed by atoms with Gasteiger partial charge in [0.15, 0.2) is 0 Å². The number of ether oxygens (including phenoxy) is 1. The topological polar surface area (TPSA) is 93.5 Å². The SMILES string of the molecule is Cc1noc(C)c1COc1ccc(CC(=O)NCCNC(=O)c2ccc(Cl)cc2)cc1. The highest BCUT2D eigenvalue weighted by Gasteiger charge is 2.10. The smallest absolute Gasteiger partial charge is 0.251 e. The van der Waals surface area contributed by atoms with Crippen LogP contribution in [-0.4, -0.2) is 30.1 Å². The van der Waals surface area contributed by atoms with Gasteiger partial charge in [0, 0.05) is 23.7 Å². The number of rotatable bonds is 9. The van der Waals surface area contributed by atoms with E-state index in [1.54, 1.807) is 24.3 Å². The Kier molecular flexibility index (Phi) is 7.67. The van der Waals surface area contributed by atoms with Crippen LogP contribution in [0, 0.1) is 13.8 Å². The maximum Gasteiger partial charge on any atom is 0.251 e. The van der Waals surface area contributed by atoms with Crippen molar-refractivity contribution in [1.82, 2.24) is 15.8 Å². The van der Waals surface area contributed by atoms with E-state index in [0.717, 1.165) is 22.6 Å². The van der Waals surface area contributed by atoms with E-state index in [1.807, 2.05) is 38.1 Å². The molecule has 0 unspecified atom stereocenters. The Bertz CT molecular complexity index is 1010. The minimum atomic E-state index is -0.210. The molecule has 3 aromatic rings. The van der Waals surface area contributed by atoms with Gasteiger partial charge in [-0.25, -0.2) is 0 Å². The lowest BCUT2D eigenvalue weighted by molar-refractivity contribution is -0.120. The van der Waals surface area contributed by atoms with Gasteiger partial charge in [-0.15, -0.1) is 0 Å². The van der Waals surface area contributed by atoms with Crippen molar-refractivity contribution in [2.45, 2.75) is 26.9 Å². The van der Waals surface area contributed by atoms with Crippen LogP contribution in [0.3, 0.4) is 0 Å². The van der Waals surface area contributed by atoms with Gasteiger partial charge in [0.2, 0.25) is 5.91 Å². The minimum Gasteiger partial charge on any atom is -0.489 e. The van der Waals surface area contributed by atoms with Crippen LogP contribution < -0.4 is 15.4 Å². The zero-order valence-electron chi connectivity index (χ0n) is 17.4. The van der Waals surface area contributed by atoms with Crippen molar-refractivity contribution < 1.29 is 18.8 Å². The fraction of sp³-hybridized carbons (Fsp3) is 0.261. The molecule has 0 spiro atoms. The number of aromatic nitrogens is 1. The third kappa shape index (κ3) is 6.58. The van der Waals surface area contributed by atoms with Crippen molar-refractivity contribution in [2.24, 2.45) is 0 Å². The zero-order valence-corrected chi connectivity index (χ0v) is 18.2. The first kappa shape index (κ1) is 22.4. The monoisotopic (exact) mass is 441 g/mol. The first-order valence-corrected chi connectivity index (χ1v) is 10.2. The summed E-state index contributed by atoms with van der Waals surface area (Å²) >= 11 is 5.81. The third-order valence-electron chi connectivity index (χ3n) is 4.69. The van der Waals surface area contributed by atoms with Crippen molar-refractivity contribution in [1.29, 1.82) is 0 Å². The average molecular weight is 442 g/mol. The standard InChI is InChI=1S/C23H24ClN3O4/c1-15-21(16(2)31-27-15)14-30-20-9-3-17(4-10-20)13-22(28)25-11-12-26-23(29)18-5-7-19(24)8-6-18/h3-10H,11-14H2,1-2H3,(H,25,28)(H,26,29). The van der Waals surface area contributed by atoms with Crippen LogP contribution in [0.25, 0.3) is 0 Å². The van der Waals surface area contributed by atoms with Crippen LogP contribution in [0.5, 0.6) is 5.75 Å². The molecule has 0 bridgehead atoms. The summed E-state index contributed by atoms with van der Waals surface area (Å²) in [6.45, 7) is 4.78. The number of halogens is 1. The maximum atomic E-state index is 12.1. The van der Waals surface area contributed by atoms with Gasteiger partial charge in [0.05, 0.1) is 17.7 Å². The number of hydrogen-bond donors (Lipinski definition) is 2. The second-order valence-corrected chi connectivity index (χ2v) is 7.46. The Morgan fingerprint density at radius 1 is 1.00 bits per heavy atom. The highest BCUT2D eigenvalue weighted by atomic mass is 35.5. The summed E-state index contributed by atoms with van der Waals surface area (Å²) in [6, 6.07) is 14.0. The van der Waals surface area contributed by atoms with E-state index in [2.05, 4.69) is 15.8 Å². The molecule has 2 amide bonds. The molecule has 162 valence electrons. The number of nitrogens with zero attached hydrogens (tertiary/aromatic N) is 1. The molecule has 1 aromatic heterocycles. The van der Waals surface area contributed by atoms with Gasteiger partial charge in [-0.3, -0.25) is 9.59 Å². The molecule has 0 atom stereocenters. The van der Waals surface area contributed by atoms with Crippen LogP contribution >= 0.6 is 11.6 Å². The molecule has 0 aliphatic heterocycles. The van der Waals surface area contributed by atoms with E-state index in [1.165, 1.54) is 0 Å². The highest BCUT2D eigenvalue weighted by molar-refractivity contribution is 6.30. The first-order chi connectivity index (χ1) is 14.9. The molecule has 1 heterocycles. The molecule has 8 heteroatoms. The predicted molar refractivity (Wildman–Crippen MR) is 117 cm³/mol. The molecule has 0 fully saturated rings. The van der Waals surface area contributed by atoms with Crippen molar-refractivity contribution in [3.8, 4) is 5.75 Å². The van der Waals surface area contributed by atoms with Crippen molar-refractivity contribution in [3.63, 3.8) is 0 Å². The Hall–Kier alpha value is -3.32. The summed E-state index contributed by atoms with van der Waals surface area (Å²) in [5.41, 5.74) is 3.14. The zero-order chi connectivity index (χ0) is 22.2. The van der Waals surface area contributed by atoms with E-state index in [0.29, 0.717) is 36.0 Å². The molecule has 31 heavy (non-hydrogen) atoms. The quantitative estimate of drug-likeness (QED) is 0.495. The van der Waals surface area contributed by atoms with Gasteiger partial charge in [0.1, 0.15) is 18.1 Å². The molecule has 7 nitrogen and oxygen atoms in total. The number of amides is 2. The number of aryl methyl sites for hydroxylation is 2. The average Bonchev–Trinajstić information content (AvgIpc) is 3.08. The van der Waals surface area contributed by atoms with Crippen molar-refractivity contribution in [2.75, 3.05) is 13.1 Å². The summed E-state index contributed by atoms with van der Waals surface area (Å²) in [4.78, 5) is 24.1. The van der Waals surface area contributed by atoms with Crippen LogP contribution in [0.1, 0.15) is 32.9 Å². The lowest BCUT2D eigenvalue weighted by Crippen LogP contribution is -2.35. The molecule has 0 saturated carbocycles. The minimum absolute atomic E-state index is 0.120. The molecule has 0 aliphatic rings. The summed E-state index contributed by atoms with van der Waals surface area (Å²) in [7, 11) is 0. The Balaban J connectivity index is 1.37. The number of nitrogens with one attached hydrogen (secondary N) is 2. The molecular formula is C23H24ClN3O4. The predicted octanol–water partition coefficient (Wildman–Crippen LogP) is 3.61. The van der Waals surface area contributed by atoms with E-state index >= 15 is 0 Å². The number of carbonyl (C=O) groups is 2. The first-order valence-electron chi connectivity index (χ1n) is 9.86. The number of benzene rings is 2. The number of hydrogen-bond acceptors (Lipinski definition) is 5. The van der Waals surface area contributed by atoms with Crippen LogP contribution in [0.4, 0.5) is 0 Å². The Morgan fingerprint density at radius 2 is 1.68 bits per heavy atom. The fourth-order valence-corrected chi connectivity index (χ4v) is 3.02.